The van der Waals surface area contributed by atoms with Gasteiger partial charge in [0.1, 0.15) is 5.82 Å². The number of ether oxygens (including phenoxy) is 1. The molecule has 2 N–H and O–H groups in total. The predicted molar refractivity (Wildman–Crippen MR) is 106 cm³/mol. The van der Waals surface area contributed by atoms with Crippen molar-refractivity contribution in [1.82, 2.24) is 9.88 Å². The number of aromatic carboxylic acids is 1. The van der Waals surface area contributed by atoms with Gasteiger partial charge in [-0.2, -0.15) is 0 Å². The van der Waals surface area contributed by atoms with E-state index in [1.165, 1.54) is 12.3 Å². The third kappa shape index (κ3) is 4.13. The Labute approximate surface area is 170 Å². The lowest BCUT2D eigenvalue weighted by molar-refractivity contribution is -0.0602. The average Bonchev–Trinajstić information content (AvgIpc) is 2.69. The summed E-state index contributed by atoms with van der Waals surface area (Å²) in [5.41, 5.74) is 0.227. The van der Waals surface area contributed by atoms with Crippen LogP contribution in [0.25, 0.3) is 0 Å². The molecule has 7 nitrogen and oxygen atoms in total. The van der Waals surface area contributed by atoms with Gasteiger partial charge >= 0.3 is 5.97 Å². The number of carboxylic acid groups (broad SMARTS) is 1. The lowest BCUT2D eigenvalue weighted by Gasteiger charge is -2.51. The molecule has 3 aliphatic heterocycles. The Morgan fingerprint density at radius 1 is 1.29 bits per heavy atom. The van der Waals surface area contributed by atoms with Gasteiger partial charge in [0, 0.05) is 51.6 Å². The molecule has 28 heavy (non-hydrogen) atoms. The normalized spacial score (nSPS) is 26.5. The molecule has 3 fully saturated rings. The van der Waals surface area contributed by atoms with Gasteiger partial charge in [-0.05, 0) is 43.6 Å². The first-order valence-electron chi connectivity index (χ1n) is 10.1. The number of nitrogens with zero attached hydrogens (tertiary/aromatic N) is 3. The van der Waals surface area contributed by atoms with Gasteiger partial charge in [0.25, 0.3) is 0 Å². The lowest BCUT2D eigenvalue weighted by atomic mass is 9.71. The molecule has 1 spiro atoms. The van der Waals surface area contributed by atoms with E-state index in [1.807, 2.05) is 0 Å². The predicted octanol–water partition coefficient (Wildman–Crippen LogP) is 2.27. The van der Waals surface area contributed by atoms with Gasteiger partial charge in [-0.15, -0.1) is 0 Å². The van der Waals surface area contributed by atoms with Crippen molar-refractivity contribution in [3.8, 4) is 0 Å². The smallest absolute Gasteiger partial charge is 0.337 e. The molecule has 1 aromatic heterocycles. The number of carboxylic acids is 1. The fourth-order valence-corrected chi connectivity index (χ4v) is 5.34. The molecule has 0 aromatic carbocycles. The summed E-state index contributed by atoms with van der Waals surface area (Å²) in [4.78, 5) is 20.0. The number of hydrogen-bond donors (Lipinski definition) is 2. The van der Waals surface area contributed by atoms with E-state index >= 15 is 0 Å². The number of aliphatic hydroxyl groups excluding tert-OH is 1. The minimum absolute atomic E-state index is 0.102. The molecule has 1 aromatic rings. The van der Waals surface area contributed by atoms with E-state index < -0.39 is 5.97 Å². The van der Waals surface area contributed by atoms with Gasteiger partial charge in [0.05, 0.1) is 16.7 Å². The number of hydrogen-bond acceptors (Lipinski definition) is 6. The molecule has 4 heterocycles. The molecule has 0 bridgehead atoms. The summed E-state index contributed by atoms with van der Waals surface area (Å²) in [6, 6.07) is 1.98. The Balaban J connectivity index is 1.43. The minimum Gasteiger partial charge on any atom is -0.478 e. The zero-order valence-electron chi connectivity index (χ0n) is 16.0. The number of aliphatic hydroxyl groups is 1. The molecular weight excluding hydrogens is 382 g/mol. The molecule has 0 aliphatic carbocycles. The highest BCUT2D eigenvalue weighted by Gasteiger charge is 2.43. The van der Waals surface area contributed by atoms with Crippen LogP contribution in [0.3, 0.4) is 0 Å². The zero-order chi connectivity index (χ0) is 19.7. The summed E-state index contributed by atoms with van der Waals surface area (Å²) in [5.74, 6) is -0.373. The first-order chi connectivity index (χ1) is 13.5. The molecule has 4 rings (SSSR count). The third-order valence-corrected chi connectivity index (χ3v) is 6.83. The van der Waals surface area contributed by atoms with Gasteiger partial charge < -0.3 is 19.8 Å². The fraction of sp³-hybridized carbons (Fsp3) is 0.700. The number of likely N-dealkylation sites (tertiary alicyclic amines) is 1. The number of piperidine rings is 2. The van der Waals surface area contributed by atoms with Crippen LogP contribution in [0.1, 0.15) is 42.5 Å². The summed E-state index contributed by atoms with van der Waals surface area (Å²) >= 11 is 6.30. The summed E-state index contributed by atoms with van der Waals surface area (Å²) < 4.78 is 5.50. The summed E-state index contributed by atoms with van der Waals surface area (Å²) in [6.07, 6.45) is 5.98. The Morgan fingerprint density at radius 2 is 2.00 bits per heavy atom. The van der Waals surface area contributed by atoms with Gasteiger partial charge in [0.15, 0.2) is 0 Å². The van der Waals surface area contributed by atoms with Gasteiger partial charge in [-0.3, -0.25) is 4.90 Å². The van der Waals surface area contributed by atoms with E-state index in [9.17, 15) is 9.90 Å². The topological polar surface area (TPSA) is 86.1 Å². The number of rotatable bonds is 3. The Hall–Kier alpha value is -1.41. The SMILES string of the molecule is O=C(O)c1cnc(N2CCC3(CC2)CC(O)CN(C2CCOCC2)C3)c(Cl)c1. The van der Waals surface area contributed by atoms with Crippen LogP contribution in [0.4, 0.5) is 5.82 Å². The van der Waals surface area contributed by atoms with E-state index in [0.717, 1.165) is 71.5 Å². The van der Waals surface area contributed by atoms with Crippen molar-refractivity contribution in [2.75, 3.05) is 44.3 Å². The maximum Gasteiger partial charge on any atom is 0.337 e. The number of pyridine rings is 1. The highest BCUT2D eigenvalue weighted by atomic mass is 35.5. The first kappa shape index (κ1) is 19.9. The average molecular weight is 410 g/mol. The number of aromatic nitrogens is 1. The van der Waals surface area contributed by atoms with Crippen LogP contribution in [-0.4, -0.2) is 77.6 Å². The molecule has 0 amide bonds. The molecule has 3 aliphatic rings. The Morgan fingerprint density at radius 3 is 2.64 bits per heavy atom. The third-order valence-electron chi connectivity index (χ3n) is 6.55. The zero-order valence-corrected chi connectivity index (χ0v) is 16.8. The molecule has 154 valence electrons. The maximum atomic E-state index is 11.1. The van der Waals surface area contributed by atoms with E-state index in [4.69, 9.17) is 21.4 Å². The maximum absolute atomic E-state index is 11.1. The standard InChI is InChI=1S/C20H28ClN3O4/c21-17-9-14(19(26)27)11-22-18(17)23-5-3-20(4-6-23)10-16(25)12-24(13-20)15-1-7-28-8-2-15/h9,11,15-16,25H,1-8,10,12-13H2,(H,26,27). The van der Waals surface area contributed by atoms with E-state index in [0.29, 0.717) is 16.9 Å². The number of anilines is 1. The van der Waals surface area contributed by atoms with E-state index in [-0.39, 0.29) is 17.1 Å². The van der Waals surface area contributed by atoms with Crippen molar-refractivity contribution in [2.45, 2.75) is 44.2 Å². The van der Waals surface area contributed by atoms with Crippen molar-refractivity contribution in [3.63, 3.8) is 0 Å². The molecule has 3 saturated heterocycles. The van der Waals surface area contributed by atoms with Crippen molar-refractivity contribution in [1.29, 1.82) is 0 Å². The van der Waals surface area contributed by atoms with Gasteiger partial charge in [0.2, 0.25) is 0 Å². The monoisotopic (exact) mass is 409 g/mol. The highest BCUT2D eigenvalue weighted by Crippen LogP contribution is 2.42. The molecule has 0 radical (unpaired) electrons. The van der Waals surface area contributed by atoms with Gasteiger partial charge in [-0.25, -0.2) is 9.78 Å². The highest BCUT2D eigenvalue weighted by molar-refractivity contribution is 6.33. The van der Waals surface area contributed by atoms with Crippen molar-refractivity contribution in [3.05, 3.63) is 22.8 Å². The number of β-amino-alcohol motifs (C(OH)–C–C–N with tert-alkyl or cyclic N) is 1. The summed E-state index contributed by atoms with van der Waals surface area (Å²) in [6.45, 7) is 5.05. The quantitative estimate of drug-likeness (QED) is 0.791. The second kappa shape index (κ2) is 8.14. The van der Waals surface area contributed by atoms with Crippen LogP contribution >= 0.6 is 11.6 Å². The molecule has 1 atom stereocenters. The summed E-state index contributed by atoms with van der Waals surface area (Å²) in [7, 11) is 0. The first-order valence-corrected chi connectivity index (χ1v) is 10.5. The van der Waals surface area contributed by atoms with E-state index in [2.05, 4.69) is 14.8 Å². The second-order valence-electron chi connectivity index (χ2n) is 8.45. The molecule has 0 saturated carbocycles. The minimum atomic E-state index is -1.03. The van der Waals surface area contributed by atoms with Crippen LogP contribution in [0, 0.1) is 5.41 Å². The fourth-order valence-electron chi connectivity index (χ4n) is 5.06. The molecule has 1 unspecified atom stereocenters. The molecular formula is C20H28ClN3O4. The van der Waals surface area contributed by atoms with Crippen LogP contribution in [0.15, 0.2) is 12.3 Å². The largest absolute Gasteiger partial charge is 0.478 e. The van der Waals surface area contributed by atoms with Crippen molar-refractivity contribution < 1.29 is 19.7 Å². The number of carbonyl (C=O) groups is 1. The second-order valence-corrected chi connectivity index (χ2v) is 8.86. The lowest BCUT2D eigenvalue weighted by Crippen LogP contribution is -2.57. The van der Waals surface area contributed by atoms with Crippen LogP contribution in [0.5, 0.6) is 0 Å². The number of halogens is 1. The van der Waals surface area contributed by atoms with Crippen molar-refractivity contribution >= 4 is 23.4 Å². The van der Waals surface area contributed by atoms with Crippen LogP contribution in [-0.2, 0) is 4.74 Å². The molecule has 8 heteroatoms. The Bertz CT molecular complexity index is 717. The van der Waals surface area contributed by atoms with Gasteiger partial charge in [-0.1, -0.05) is 11.6 Å². The van der Waals surface area contributed by atoms with Crippen LogP contribution in [0.2, 0.25) is 5.02 Å². The summed E-state index contributed by atoms with van der Waals surface area (Å²) in [5, 5.41) is 20.0. The van der Waals surface area contributed by atoms with Crippen molar-refractivity contribution in [2.24, 2.45) is 5.41 Å². The van der Waals surface area contributed by atoms with Crippen LogP contribution < -0.4 is 4.90 Å². The Kier molecular flexibility index (Phi) is 5.78. The van der Waals surface area contributed by atoms with E-state index in [1.54, 1.807) is 0 Å².